The van der Waals surface area contributed by atoms with Crippen LogP contribution in [-0.4, -0.2) is 7.85 Å². The molecule has 1 fully saturated rings. The van der Waals surface area contributed by atoms with Crippen molar-refractivity contribution in [3.8, 4) is 0 Å². The van der Waals surface area contributed by atoms with Crippen LogP contribution in [-0.2, 0) is 0 Å². The van der Waals surface area contributed by atoms with Crippen molar-refractivity contribution in [1.29, 1.82) is 0 Å². The molecule has 0 saturated heterocycles. The van der Waals surface area contributed by atoms with Crippen LogP contribution in [0.1, 0.15) is 20.3 Å². The van der Waals surface area contributed by atoms with Crippen molar-refractivity contribution in [2.24, 2.45) is 23.7 Å². The van der Waals surface area contributed by atoms with Crippen molar-refractivity contribution in [2.45, 2.75) is 20.3 Å². The van der Waals surface area contributed by atoms with E-state index < -0.39 is 0 Å². The maximum Gasteiger partial charge on any atom is 0.102 e. The Labute approximate surface area is 77.2 Å². The molecule has 0 spiro atoms. The molecule has 1 aliphatic rings. The fourth-order valence-corrected chi connectivity index (χ4v) is 2.23. The van der Waals surface area contributed by atoms with Crippen LogP contribution in [0.25, 0.3) is 0 Å². The molecule has 0 heterocycles. The molecule has 1 saturated carbocycles. The molecule has 64 valence electrons. The van der Waals surface area contributed by atoms with Crippen LogP contribution in [0.4, 0.5) is 0 Å². The third kappa shape index (κ3) is 1.65. The van der Waals surface area contributed by atoms with Gasteiger partial charge in [0, 0.05) is 0 Å². The van der Waals surface area contributed by atoms with E-state index in [-0.39, 0.29) is 0 Å². The summed E-state index contributed by atoms with van der Waals surface area (Å²) in [5.74, 6) is 4.52. The molecule has 1 rings (SSSR count). The van der Waals surface area contributed by atoms with Crippen molar-refractivity contribution >= 4 is 7.85 Å². The number of hydrogen-bond acceptors (Lipinski definition) is 0. The summed E-state index contributed by atoms with van der Waals surface area (Å²) in [4.78, 5) is 0. The molecule has 0 aliphatic heterocycles. The Morgan fingerprint density at radius 1 is 1.25 bits per heavy atom. The van der Waals surface area contributed by atoms with E-state index in [1.165, 1.54) is 6.42 Å². The van der Waals surface area contributed by atoms with Gasteiger partial charge in [0.25, 0.3) is 0 Å². The van der Waals surface area contributed by atoms with Gasteiger partial charge in [-0.25, -0.2) is 0 Å². The van der Waals surface area contributed by atoms with E-state index in [2.05, 4.69) is 32.6 Å². The lowest BCUT2D eigenvalue weighted by Crippen LogP contribution is -2.08. The average Bonchev–Trinajstić information content (AvgIpc) is 2.33. The first kappa shape index (κ1) is 9.63. The van der Waals surface area contributed by atoms with E-state index >= 15 is 0 Å². The predicted molar refractivity (Wildman–Crippen MR) is 55.0 cm³/mol. The van der Waals surface area contributed by atoms with Crippen molar-refractivity contribution < 1.29 is 0 Å². The molecule has 0 amide bonds. The van der Waals surface area contributed by atoms with Crippen molar-refractivity contribution in [1.82, 2.24) is 0 Å². The van der Waals surface area contributed by atoms with Gasteiger partial charge in [0.1, 0.15) is 7.85 Å². The lowest BCUT2D eigenvalue weighted by molar-refractivity contribution is 0.381. The minimum atomic E-state index is 0.660. The Bertz CT molecular complexity index is 183. The van der Waals surface area contributed by atoms with Crippen molar-refractivity contribution in [3.63, 3.8) is 0 Å². The normalized spacial score (nSPS) is 42.2. The van der Waals surface area contributed by atoms with E-state index in [1.807, 2.05) is 0 Å². The van der Waals surface area contributed by atoms with E-state index in [0.29, 0.717) is 11.8 Å². The van der Waals surface area contributed by atoms with Gasteiger partial charge < -0.3 is 0 Å². The zero-order valence-corrected chi connectivity index (χ0v) is 8.03. The van der Waals surface area contributed by atoms with Gasteiger partial charge in [0.15, 0.2) is 0 Å². The molecule has 0 aromatic carbocycles. The Kier molecular flexibility index (Phi) is 3.19. The van der Waals surface area contributed by atoms with Crippen LogP contribution in [0, 0.1) is 23.7 Å². The fraction of sp³-hybridized carbons (Fsp3) is 0.636. The second kappa shape index (κ2) is 3.98. The van der Waals surface area contributed by atoms with Crippen LogP contribution in [0.15, 0.2) is 24.7 Å². The highest BCUT2D eigenvalue weighted by atomic mass is 14.4. The third-order valence-electron chi connectivity index (χ3n) is 3.39. The smallest absolute Gasteiger partial charge is 0.102 e. The Morgan fingerprint density at radius 3 is 2.25 bits per heavy atom. The number of allylic oxidation sites excluding steroid dienone is 2. The SMILES string of the molecule is [B]/C=C/C1CC(C=C)C(C)C1C. The summed E-state index contributed by atoms with van der Waals surface area (Å²) < 4.78 is 0. The lowest BCUT2D eigenvalue weighted by Gasteiger charge is -2.15. The van der Waals surface area contributed by atoms with Gasteiger partial charge in [-0.05, 0) is 30.1 Å². The highest BCUT2D eigenvalue weighted by molar-refractivity contribution is 6.16. The molecule has 0 bridgehead atoms. The lowest BCUT2D eigenvalue weighted by atomic mass is 9.89. The van der Waals surface area contributed by atoms with Crippen LogP contribution in [0.3, 0.4) is 0 Å². The molecule has 0 aromatic rings. The predicted octanol–water partition coefficient (Wildman–Crippen LogP) is 2.76. The molecule has 4 atom stereocenters. The molecular weight excluding hydrogens is 143 g/mol. The molecule has 1 heteroatoms. The zero-order chi connectivity index (χ0) is 9.14. The molecule has 0 nitrogen and oxygen atoms in total. The zero-order valence-electron chi connectivity index (χ0n) is 8.03. The van der Waals surface area contributed by atoms with Gasteiger partial charge in [-0.3, -0.25) is 0 Å². The van der Waals surface area contributed by atoms with Crippen LogP contribution < -0.4 is 0 Å². The quantitative estimate of drug-likeness (QED) is 0.430. The molecule has 2 radical (unpaired) electrons. The summed E-state index contributed by atoms with van der Waals surface area (Å²) in [5, 5.41) is 0. The topological polar surface area (TPSA) is 0 Å². The first-order valence-corrected chi connectivity index (χ1v) is 4.71. The minimum Gasteiger partial charge on any atom is -0.135 e. The number of hydrogen-bond donors (Lipinski definition) is 0. The van der Waals surface area contributed by atoms with E-state index in [0.717, 1.165) is 11.8 Å². The Hall–Kier alpha value is -0.455. The second-order valence-corrected chi connectivity index (χ2v) is 3.90. The Morgan fingerprint density at radius 2 is 1.83 bits per heavy atom. The van der Waals surface area contributed by atoms with E-state index in [1.54, 1.807) is 5.98 Å². The monoisotopic (exact) mass is 160 g/mol. The maximum absolute atomic E-state index is 5.40. The van der Waals surface area contributed by atoms with Crippen LogP contribution >= 0.6 is 0 Å². The van der Waals surface area contributed by atoms with Gasteiger partial charge in [-0.15, -0.1) is 12.6 Å². The average molecular weight is 160 g/mol. The standard InChI is InChI=1S/C11H17B/c1-4-10-7-11(5-6-12)9(3)8(10)2/h4-6,8-11H,1,7H2,2-3H3/b6-5+. The largest absolute Gasteiger partial charge is 0.135 e. The van der Waals surface area contributed by atoms with Gasteiger partial charge in [-0.1, -0.05) is 26.0 Å². The molecule has 12 heavy (non-hydrogen) atoms. The summed E-state index contributed by atoms with van der Waals surface area (Å²) in [6.07, 6.45) is 5.44. The maximum atomic E-state index is 5.40. The first-order valence-electron chi connectivity index (χ1n) is 4.71. The summed E-state index contributed by atoms with van der Waals surface area (Å²) in [6, 6.07) is 0. The summed E-state index contributed by atoms with van der Waals surface area (Å²) in [5.41, 5.74) is 0. The third-order valence-corrected chi connectivity index (χ3v) is 3.39. The molecule has 4 unspecified atom stereocenters. The van der Waals surface area contributed by atoms with Crippen molar-refractivity contribution in [2.75, 3.05) is 0 Å². The summed E-state index contributed by atoms with van der Waals surface area (Å²) in [7, 11) is 5.40. The van der Waals surface area contributed by atoms with E-state index in [4.69, 9.17) is 7.85 Å². The Balaban J connectivity index is 2.66. The van der Waals surface area contributed by atoms with Gasteiger partial charge in [0.2, 0.25) is 0 Å². The van der Waals surface area contributed by atoms with Crippen LogP contribution in [0.2, 0.25) is 0 Å². The number of rotatable bonds is 2. The highest BCUT2D eigenvalue weighted by Crippen LogP contribution is 2.42. The first-order chi connectivity index (χ1) is 5.70. The molecule has 0 aromatic heterocycles. The van der Waals surface area contributed by atoms with Crippen molar-refractivity contribution in [3.05, 3.63) is 24.7 Å². The second-order valence-electron chi connectivity index (χ2n) is 3.90. The van der Waals surface area contributed by atoms with Gasteiger partial charge >= 0.3 is 0 Å². The molecular formula is C11H17B. The minimum absolute atomic E-state index is 0.660. The summed E-state index contributed by atoms with van der Waals surface area (Å²) >= 11 is 0. The molecule has 1 aliphatic carbocycles. The van der Waals surface area contributed by atoms with Crippen LogP contribution in [0.5, 0.6) is 0 Å². The van der Waals surface area contributed by atoms with E-state index in [9.17, 15) is 0 Å². The van der Waals surface area contributed by atoms with Gasteiger partial charge in [-0.2, -0.15) is 0 Å². The highest BCUT2D eigenvalue weighted by Gasteiger charge is 2.34. The van der Waals surface area contributed by atoms with Gasteiger partial charge in [0.05, 0.1) is 0 Å². The fourth-order valence-electron chi connectivity index (χ4n) is 2.23. The summed E-state index contributed by atoms with van der Waals surface area (Å²) in [6.45, 7) is 8.48. The molecule has 0 N–H and O–H groups in total.